The Morgan fingerprint density at radius 1 is 1.00 bits per heavy atom. The average molecular weight is 412 g/mol. The second-order valence-electron chi connectivity index (χ2n) is 4.31. The summed E-state index contributed by atoms with van der Waals surface area (Å²) in [6.07, 6.45) is -3.84. The summed E-state index contributed by atoms with van der Waals surface area (Å²) in [6.45, 7) is 0. The molecule has 0 aromatic heterocycles. The molecule has 0 saturated heterocycles. The first-order valence-electron chi connectivity index (χ1n) is 5.94. The molecule has 126 valence electrons. The zero-order chi connectivity index (χ0) is 18.1. The molecule has 0 aliphatic heterocycles. The van der Waals surface area contributed by atoms with Crippen molar-refractivity contribution in [1.29, 1.82) is 0 Å². The van der Waals surface area contributed by atoms with E-state index in [1.807, 2.05) is 0 Å². The van der Waals surface area contributed by atoms with Crippen molar-refractivity contribution in [1.82, 2.24) is 0 Å². The first-order valence-corrected chi connectivity index (χ1v) is 6.73. The summed E-state index contributed by atoms with van der Waals surface area (Å²) in [5.41, 5.74) is -1.96. The van der Waals surface area contributed by atoms with Crippen LogP contribution in [0.3, 0.4) is 0 Å². The zero-order valence-corrected chi connectivity index (χ0v) is 12.8. The molecule has 0 aliphatic carbocycles. The van der Waals surface area contributed by atoms with Gasteiger partial charge in [-0.05, 0) is 34.1 Å². The quantitative estimate of drug-likeness (QED) is 0.372. The van der Waals surface area contributed by atoms with E-state index in [0.717, 1.165) is 12.1 Å². The third-order valence-corrected chi connectivity index (χ3v) is 3.32. The van der Waals surface area contributed by atoms with Crippen LogP contribution in [0.25, 0.3) is 0 Å². The summed E-state index contributed by atoms with van der Waals surface area (Å²) in [5.74, 6) is -5.89. The number of nitrogens with zero attached hydrogens (tertiary/aromatic N) is 1. The van der Waals surface area contributed by atoms with Crippen molar-refractivity contribution in [3.05, 3.63) is 51.8 Å². The molecule has 0 radical (unpaired) electrons. The first-order chi connectivity index (χ1) is 11.1. The van der Waals surface area contributed by atoms with Crippen LogP contribution in [-0.4, -0.2) is 6.08 Å². The number of aliphatic imine (C=N–C) groups is 1. The number of rotatable bonds is 3. The van der Waals surface area contributed by atoms with Gasteiger partial charge in [-0.1, -0.05) is 0 Å². The van der Waals surface area contributed by atoms with Gasteiger partial charge in [-0.15, -0.1) is 0 Å². The van der Waals surface area contributed by atoms with E-state index in [9.17, 15) is 31.1 Å². The van der Waals surface area contributed by atoms with Gasteiger partial charge in [-0.25, -0.2) is 18.0 Å². The maximum atomic E-state index is 13.7. The van der Waals surface area contributed by atoms with Crippen LogP contribution in [0.15, 0.2) is 33.7 Å². The van der Waals surface area contributed by atoms with Gasteiger partial charge in [0.25, 0.3) is 0 Å². The number of ether oxygens (including phenoxy) is 1. The van der Waals surface area contributed by atoms with Crippen LogP contribution in [0, 0.1) is 17.5 Å². The molecule has 3 nitrogen and oxygen atoms in total. The standard InChI is InChI=1S/C14H4BrF6NO2/c15-7-3-11(22-5-23)8(16)4-12(7)24-13-9(17)1-6(2-10(13)18)14(19,20)21/h1-4H. The normalized spacial score (nSPS) is 11.1. The lowest BCUT2D eigenvalue weighted by atomic mass is 10.2. The van der Waals surface area contributed by atoms with E-state index in [0.29, 0.717) is 6.07 Å². The molecule has 0 heterocycles. The Labute approximate surface area is 138 Å². The lowest BCUT2D eigenvalue weighted by Crippen LogP contribution is -2.07. The summed E-state index contributed by atoms with van der Waals surface area (Å²) in [7, 11) is 0. The number of carbonyl (C=O) groups excluding carboxylic acids is 1. The molecule has 0 amide bonds. The molecule has 0 unspecified atom stereocenters. The molecule has 0 atom stereocenters. The van der Waals surface area contributed by atoms with Crippen LogP contribution in [0.1, 0.15) is 5.56 Å². The van der Waals surface area contributed by atoms with Gasteiger partial charge in [0.2, 0.25) is 6.08 Å². The summed E-state index contributed by atoms with van der Waals surface area (Å²) >= 11 is 2.90. The van der Waals surface area contributed by atoms with Crippen molar-refractivity contribution in [2.24, 2.45) is 4.99 Å². The molecule has 0 spiro atoms. The van der Waals surface area contributed by atoms with Crippen molar-refractivity contribution in [3.63, 3.8) is 0 Å². The lowest BCUT2D eigenvalue weighted by molar-refractivity contribution is -0.138. The van der Waals surface area contributed by atoms with E-state index in [-0.39, 0.29) is 16.6 Å². The molecule has 2 aromatic rings. The van der Waals surface area contributed by atoms with Crippen LogP contribution in [-0.2, 0) is 11.0 Å². The highest BCUT2D eigenvalue weighted by molar-refractivity contribution is 9.10. The van der Waals surface area contributed by atoms with Crippen molar-refractivity contribution < 1.29 is 35.9 Å². The van der Waals surface area contributed by atoms with Crippen LogP contribution in [0.2, 0.25) is 0 Å². The van der Waals surface area contributed by atoms with Crippen molar-refractivity contribution in [2.45, 2.75) is 6.18 Å². The molecule has 24 heavy (non-hydrogen) atoms. The lowest BCUT2D eigenvalue weighted by Gasteiger charge is -2.13. The first kappa shape index (κ1) is 18.0. The molecule has 2 rings (SSSR count). The third kappa shape index (κ3) is 3.77. The van der Waals surface area contributed by atoms with Gasteiger partial charge in [0.15, 0.2) is 23.2 Å². The Balaban J connectivity index is 2.46. The molecule has 0 bridgehead atoms. The van der Waals surface area contributed by atoms with E-state index in [1.54, 1.807) is 0 Å². The van der Waals surface area contributed by atoms with E-state index >= 15 is 0 Å². The number of isocyanates is 1. The molecular formula is C14H4BrF6NO2. The number of benzene rings is 2. The number of alkyl halides is 3. The largest absolute Gasteiger partial charge is 0.450 e. The SMILES string of the molecule is O=C=Nc1cc(Br)c(Oc2c(F)cc(C(F)(F)F)cc2F)cc1F. The van der Waals surface area contributed by atoms with Gasteiger partial charge >= 0.3 is 6.18 Å². The smallest absolute Gasteiger partial charge is 0.416 e. The molecule has 0 saturated carbocycles. The molecule has 0 N–H and O–H groups in total. The zero-order valence-electron chi connectivity index (χ0n) is 11.2. The van der Waals surface area contributed by atoms with Gasteiger partial charge in [0.1, 0.15) is 11.4 Å². The minimum absolute atomic E-state index is 0.0448. The highest BCUT2D eigenvalue weighted by atomic mass is 79.9. The minimum Gasteiger partial charge on any atom is -0.450 e. The fourth-order valence-corrected chi connectivity index (χ4v) is 2.07. The van der Waals surface area contributed by atoms with Gasteiger partial charge in [-0.2, -0.15) is 18.2 Å². The molecule has 10 heteroatoms. The Morgan fingerprint density at radius 3 is 2.08 bits per heavy atom. The summed E-state index contributed by atoms with van der Waals surface area (Å²) in [5, 5.41) is 0. The summed E-state index contributed by atoms with van der Waals surface area (Å²) < 4.78 is 83.2. The van der Waals surface area contributed by atoms with Crippen LogP contribution < -0.4 is 4.74 Å². The molecular weight excluding hydrogens is 408 g/mol. The van der Waals surface area contributed by atoms with Gasteiger partial charge in [0, 0.05) is 6.07 Å². The van der Waals surface area contributed by atoms with Gasteiger partial charge in [-0.3, -0.25) is 0 Å². The second kappa shape index (κ2) is 6.66. The van der Waals surface area contributed by atoms with E-state index in [1.165, 1.54) is 0 Å². The summed E-state index contributed by atoms with van der Waals surface area (Å²) in [6, 6.07) is 1.72. The average Bonchev–Trinajstić information content (AvgIpc) is 2.46. The Bertz CT molecular complexity index is 823. The minimum atomic E-state index is -4.94. The summed E-state index contributed by atoms with van der Waals surface area (Å²) in [4.78, 5) is 13.2. The van der Waals surface area contributed by atoms with Crippen molar-refractivity contribution in [3.8, 4) is 11.5 Å². The van der Waals surface area contributed by atoms with Crippen LogP contribution in [0.5, 0.6) is 11.5 Å². The maximum Gasteiger partial charge on any atom is 0.416 e. The van der Waals surface area contributed by atoms with Crippen molar-refractivity contribution >= 4 is 27.7 Å². The Kier molecular flexibility index (Phi) is 5.00. The second-order valence-corrected chi connectivity index (χ2v) is 5.16. The Morgan fingerprint density at radius 2 is 1.58 bits per heavy atom. The Hall–Kier alpha value is -2.32. The number of hydrogen-bond acceptors (Lipinski definition) is 3. The molecule has 0 aliphatic rings. The number of hydrogen-bond donors (Lipinski definition) is 0. The van der Waals surface area contributed by atoms with Crippen LogP contribution >= 0.6 is 15.9 Å². The maximum absolute atomic E-state index is 13.7. The predicted molar refractivity (Wildman–Crippen MR) is 73.3 cm³/mol. The predicted octanol–water partition coefficient (Wildman–Crippen LogP) is 5.64. The van der Waals surface area contributed by atoms with E-state index < -0.39 is 46.4 Å². The van der Waals surface area contributed by atoms with Gasteiger partial charge in [0.05, 0.1) is 10.0 Å². The van der Waals surface area contributed by atoms with E-state index in [2.05, 4.69) is 20.9 Å². The number of halogens is 7. The highest BCUT2D eigenvalue weighted by Crippen LogP contribution is 2.39. The third-order valence-electron chi connectivity index (χ3n) is 2.71. The fourth-order valence-electron chi connectivity index (χ4n) is 1.66. The van der Waals surface area contributed by atoms with E-state index in [4.69, 9.17) is 4.74 Å². The van der Waals surface area contributed by atoms with Crippen LogP contribution in [0.4, 0.5) is 32.0 Å². The monoisotopic (exact) mass is 411 g/mol. The molecule has 0 fully saturated rings. The molecule has 2 aromatic carbocycles. The highest BCUT2D eigenvalue weighted by Gasteiger charge is 2.33. The van der Waals surface area contributed by atoms with Gasteiger partial charge < -0.3 is 4.74 Å². The fraction of sp³-hybridized carbons (Fsp3) is 0.0714. The van der Waals surface area contributed by atoms with Crippen molar-refractivity contribution in [2.75, 3.05) is 0 Å². The topological polar surface area (TPSA) is 38.7 Å².